The van der Waals surface area contributed by atoms with E-state index in [1.807, 2.05) is 6.21 Å². The van der Waals surface area contributed by atoms with Gasteiger partial charge in [0.2, 0.25) is 5.95 Å². The van der Waals surface area contributed by atoms with Crippen LogP contribution < -0.4 is 11.2 Å². The predicted octanol–water partition coefficient (Wildman–Crippen LogP) is 2.88. The normalized spacial score (nSPS) is 15.8. The molecule has 0 spiro atoms. The van der Waals surface area contributed by atoms with E-state index in [2.05, 4.69) is 20.5 Å². The summed E-state index contributed by atoms with van der Waals surface area (Å²) in [4.78, 5) is 7.81. The average Bonchev–Trinajstić information content (AvgIpc) is 2.30. The fourth-order valence-electron chi connectivity index (χ4n) is 1.93. The van der Waals surface area contributed by atoms with Gasteiger partial charge in [-0.05, 0) is 18.8 Å². The van der Waals surface area contributed by atoms with Crippen LogP contribution in [0.15, 0.2) is 17.4 Å². The van der Waals surface area contributed by atoms with Crippen molar-refractivity contribution < 1.29 is 0 Å². The summed E-state index contributed by atoms with van der Waals surface area (Å²) < 4.78 is 0. The van der Waals surface area contributed by atoms with Crippen molar-refractivity contribution in [1.82, 2.24) is 9.97 Å². The van der Waals surface area contributed by atoms with E-state index in [9.17, 15) is 0 Å². The lowest BCUT2D eigenvalue weighted by Gasteiger charge is -2.16. The lowest BCUT2D eigenvalue weighted by atomic mass is 9.90. The van der Waals surface area contributed by atoms with Gasteiger partial charge >= 0.3 is 0 Å². The van der Waals surface area contributed by atoms with Crippen molar-refractivity contribution in [3.05, 3.63) is 12.3 Å². The maximum absolute atomic E-state index is 5.46. The molecule has 1 saturated carbocycles. The van der Waals surface area contributed by atoms with Gasteiger partial charge in [0.15, 0.2) is 5.82 Å². The Bertz CT molecular complexity index is 366. The highest BCUT2D eigenvalue weighted by atomic mass is 35.5. The third kappa shape index (κ3) is 5.51. The number of nitrogens with two attached hydrogens (primary N) is 1. The second-order valence-electron chi connectivity index (χ2n) is 4.09. The number of nitrogens with one attached hydrogen (secondary N) is 1. The van der Waals surface area contributed by atoms with E-state index in [0.29, 0.717) is 11.7 Å². The van der Waals surface area contributed by atoms with E-state index in [1.165, 1.54) is 32.1 Å². The molecule has 0 amide bonds. The first-order valence-corrected chi connectivity index (χ1v) is 5.72. The van der Waals surface area contributed by atoms with Gasteiger partial charge in [0.1, 0.15) is 0 Å². The molecule has 7 heteroatoms. The fraction of sp³-hybridized carbons (Fsp3) is 0.545. The van der Waals surface area contributed by atoms with Crippen molar-refractivity contribution in [3.63, 3.8) is 0 Å². The average molecular weight is 292 g/mol. The van der Waals surface area contributed by atoms with E-state index in [1.54, 1.807) is 12.3 Å². The number of anilines is 2. The van der Waals surface area contributed by atoms with Gasteiger partial charge in [-0.1, -0.05) is 19.3 Å². The van der Waals surface area contributed by atoms with E-state index < -0.39 is 0 Å². The lowest BCUT2D eigenvalue weighted by molar-refractivity contribution is 0.445. The van der Waals surface area contributed by atoms with Crippen molar-refractivity contribution >= 4 is 42.8 Å². The second-order valence-corrected chi connectivity index (χ2v) is 4.09. The minimum atomic E-state index is 0. The third-order valence-electron chi connectivity index (χ3n) is 2.79. The summed E-state index contributed by atoms with van der Waals surface area (Å²) in [5, 5.41) is 4.19. The highest BCUT2D eigenvalue weighted by Gasteiger charge is 2.10. The van der Waals surface area contributed by atoms with Crippen LogP contribution in [0.4, 0.5) is 11.8 Å². The van der Waals surface area contributed by atoms with Crippen LogP contribution in [0.2, 0.25) is 0 Å². The number of hydrazone groups is 1. The van der Waals surface area contributed by atoms with Crippen molar-refractivity contribution in [2.45, 2.75) is 32.1 Å². The van der Waals surface area contributed by atoms with E-state index in [-0.39, 0.29) is 30.8 Å². The fourth-order valence-corrected chi connectivity index (χ4v) is 1.93. The Morgan fingerprint density at radius 3 is 2.67 bits per heavy atom. The maximum atomic E-state index is 5.46. The smallest absolute Gasteiger partial charge is 0.221 e. The summed E-state index contributed by atoms with van der Waals surface area (Å²) in [5.74, 6) is 1.51. The number of aromatic nitrogens is 2. The molecule has 0 unspecified atom stereocenters. The molecule has 5 nitrogen and oxygen atoms in total. The zero-order valence-corrected chi connectivity index (χ0v) is 11.7. The van der Waals surface area contributed by atoms with Crippen LogP contribution in [0.25, 0.3) is 0 Å². The quantitative estimate of drug-likeness (QED) is 0.663. The Balaban J connectivity index is 0.00000144. The summed E-state index contributed by atoms with van der Waals surface area (Å²) in [6.07, 6.45) is 10.1. The van der Waals surface area contributed by atoms with Crippen molar-refractivity contribution in [3.8, 4) is 0 Å². The molecule has 0 atom stereocenters. The summed E-state index contributed by atoms with van der Waals surface area (Å²) >= 11 is 0. The first-order chi connectivity index (χ1) is 7.84. The number of nitrogen functional groups attached to an aromatic ring is 1. The number of hydrogen-bond donors (Lipinski definition) is 2. The molecule has 0 saturated heterocycles. The number of halogens is 2. The molecule has 0 aliphatic heterocycles. The summed E-state index contributed by atoms with van der Waals surface area (Å²) in [6, 6.07) is 1.74. The Morgan fingerprint density at radius 1 is 1.28 bits per heavy atom. The first kappa shape index (κ1) is 16.9. The van der Waals surface area contributed by atoms with Gasteiger partial charge in [-0.25, -0.2) is 4.98 Å². The largest absolute Gasteiger partial charge is 0.368 e. The molecule has 102 valence electrons. The Labute approximate surface area is 119 Å². The monoisotopic (exact) mass is 291 g/mol. The third-order valence-corrected chi connectivity index (χ3v) is 2.79. The molecule has 1 heterocycles. The van der Waals surface area contributed by atoms with Crippen LogP contribution in [0, 0.1) is 5.92 Å². The number of rotatable bonds is 3. The maximum Gasteiger partial charge on any atom is 0.221 e. The molecular weight excluding hydrogens is 273 g/mol. The Kier molecular flexibility index (Phi) is 8.41. The molecule has 3 N–H and O–H groups in total. The first-order valence-electron chi connectivity index (χ1n) is 5.72. The minimum absolute atomic E-state index is 0. The van der Waals surface area contributed by atoms with Gasteiger partial charge < -0.3 is 5.73 Å². The van der Waals surface area contributed by atoms with Crippen LogP contribution in [-0.4, -0.2) is 16.2 Å². The Hall–Kier alpha value is -1.07. The highest BCUT2D eigenvalue weighted by molar-refractivity contribution is 5.85. The van der Waals surface area contributed by atoms with Crippen molar-refractivity contribution in [2.75, 3.05) is 11.2 Å². The molecule has 1 aromatic rings. The van der Waals surface area contributed by atoms with Gasteiger partial charge in [0.05, 0.1) is 0 Å². The van der Waals surface area contributed by atoms with Crippen molar-refractivity contribution in [1.29, 1.82) is 0 Å². The molecule has 0 bridgehead atoms. The SMILES string of the molecule is Cl.Cl.Nc1nccc(N/N=C/C2CCCCC2)n1. The van der Waals surface area contributed by atoms with Gasteiger partial charge in [-0.15, -0.1) is 24.8 Å². The summed E-state index contributed by atoms with van der Waals surface area (Å²) in [7, 11) is 0. The molecule has 1 fully saturated rings. The van der Waals surface area contributed by atoms with E-state index in [4.69, 9.17) is 5.73 Å². The zero-order chi connectivity index (χ0) is 11.2. The molecular formula is C11H19Cl2N5. The van der Waals surface area contributed by atoms with Crippen LogP contribution >= 0.6 is 24.8 Å². The summed E-state index contributed by atoms with van der Waals surface area (Å²) in [5.41, 5.74) is 8.33. The summed E-state index contributed by atoms with van der Waals surface area (Å²) in [6.45, 7) is 0. The van der Waals surface area contributed by atoms with Gasteiger partial charge in [-0.3, -0.25) is 5.43 Å². The van der Waals surface area contributed by atoms with Gasteiger partial charge in [0.25, 0.3) is 0 Å². The highest BCUT2D eigenvalue weighted by Crippen LogP contribution is 2.21. The van der Waals surface area contributed by atoms with Crippen LogP contribution in [0.1, 0.15) is 32.1 Å². The zero-order valence-electron chi connectivity index (χ0n) is 10.1. The molecule has 1 aromatic heterocycles. The van der Waals surface area contributed by atoms with E-state index in [0.717, 1.165) is 0 Å². The van der Waals surface area contributed by atoms with Crippen LogP contribution in [0.3, 0.4) is 0 Å². The number of nitrogens with zero attached hydrogens (tertiary/aromatic N) is 3. The minimum Gasteiger partial charge on any atom is -0.368 e. The topological polar surface area (TPSA) is 76.2 Å². The molecule has 0 radical (unpaired) electrons. The standard InChI is InChI=1S/C11H17N5.2ClH/c12-11-13-7-6-10(15-11)16-14-8-9-4-2-1-3-5-9;;/h6-9H,1-5H2,(H3,12,13,15,16);2*1H/b14-8+;;. The molecule has 1 aliphatic carbocycles. The molecule has 0 aromatic carbocycles. The van der Waals surface area contributed by atoms with Crippen molar-refractivity contribution in [2.24, 2.45) is 11.0 Å². The Morgan fingerprint density at radius 2 is 2.00 bits per heavy atom. The molecule has 2 rings (SSSR count). The second kappa shape index (κ2) is 8.94. The lowest BCUT2D eigenvalue weighted by Crippen LogP contribution is -2.08. The van der Waals surface area contributed by atoms with E-state index >= 15 is 0 Å². The van der Waals surface area contributed by atoms with Crippen LogP contribution in [0.5, 0.6) is 0 Å². The van der Waals surface area contributed by atoms with Crippen LogP contribution in [-0.2, 0) is 0 Å². The predicted molar refractivity (Wildman–Crippen MR) is 79.6 cm³/mol. The van der Waals surface area contributed by atoms with Gasteiger partial charge in [-0.2, -0.15) is 10.1 Å². The van der Waals surface area contributed by atoms with Gasteiger partial charge in [0, 0.05) is 18.5 Å². The number of hydrogen-bond acceptors (Lipinski definition) is 5. The molecule has 1 aliphatic rings. The molecule has 18 heavy (non-hydrogen) atoms.